The molecule has 1 atom stereocenters. The molecule has 0 amide bonds. The molecule has 1 aromatic heterocycles. The summed E-state index contributed by atoms with van der Waals surface area (Å²) in [5.74, 6) is 0. The molecule has 0 bridgehead atoms. The molecule has 1 unspecified atom stereocenters. The van der Waals surface area contributed by atoms with Crippen LogP contribution in [0.1, 0.15) is 34.0 Å². The molecule has 0 fully saturated rings. The molecule has 2 aromatic rings. The molecule has 0 saturated heterocycles. The highest BCUT2D eigenvalue weighted by molar-refractivity contribution is 7.16. The molecule has 2 N–H and O–H groups in total. The van der Waals surface area contributed by atoms with Gasteiger partial charge in [-0.2, -0.15) is 0 Å². The Bertz CT molecular complexity index is 561. The molecule has 1 nitrogen and oxygen atoms in total. The Hall–Kier alpha value is -0.830. The van der Waals surface area contributed by atoms with Crippen molar-refractivity contribution in [2.24, 2.45) is 5.73 Å². The summed E-state index contributed by atoms with van der Waals surface area (Å²) in [6, 6.07) is 10.8. The first kappa shape index (κ1) is 12.2. The maximum atomic E-state index is 6.24. The lowest BCUT2D eigenvalue weighted by Crippen LogP contribution is -2.11. The average Bonchev–Trinajstić information content (AvgIpc) is 2.96. The second-order valence-corrected chi connectivity index (χ2v) is 6.66. The Balaban J connectivity index is 1.76. The highest BCUT2D eigenvalue weighted by atomic mass is 35.5. The summed E-state index contributed by atoms with van der Waals surface area (Å²) in [6.45, 7) is 0. The fourth-order valence-electron chi connectivity index (χ4n) is 2.63. The maximum absolute atomic E-state index is 6.24. The van der Waals surface area contributed by atoms with Crippen LogP contribution in [-0.4, -0.2) is 0 Å². The van der Waals surface area contributed by atoms with Crippen LogP contribution < -0.4 is 5.73 Å². The Morgan fingerprint density at radius 1 is 1.17 bits per heavy atom. The maximum Gasteiger partial charge on any atom is 0.0931 e. The number of nitrogens with two attached hydrogens (primary N) is 1. The summed E-state index contributed by atoms with van der Waals surface area (Å²) < 4.78 is 0.814. The lowest BCUT2D eigenvalue weighted by Gasteiger charge is -2.11. The summed E-state index contributed by atoms with van der Waals surface area (Å²) in [6.07, 6.45) is 4.65. The Kier molecular flexibility index (Phi) is 3.42. The van der Waals surface area contributed by atoms with Gasteiger partial charge in [0.1, 0.15) is 0 Å². The number of thiophene rings is 1. The molecule has 3 heteroatoms. The number of hydrogen-bond acceptors (Lipinski definition) is 2. The van der Waals surface area contributed by atoms with Gasteiger partial charge < -0.3 is 5.73 Å². The lowest BCUT2D eigenvalue weighted by molar-refractivity contribution is 0.736. The van der Waals surface area contributed by atoms with Crippen molar-refractivity contribution >= 4 is 22.9 Å². The van der Waals surface area contributed by atoms with Crippen LogP contribution in [0, 0.1) is 0 Å². The van der Waals surface area contributed by atoms with E-state index < -0.39 is 0 Å². The van der Waals surface area contributed by atoms with E-state index >= 15 is 0 Å². The van der Waals surface area contributed by atoms with Gasteiger partial charge in [0, 0.05) is 10.9 Å². The van der Waals surface area contributed by atoms with E-state index in [2.05, 4.69) is 18.2 Å². The summed E-state index contributed by atoms with van der Waals surface area (Å²) in [5, 5.41) is 0. The van der Waals surface area contributed by atoms with Crippen molar-refractivity contribution in [2.75, 3.05) is 0 Å². The van der Waals surface area contributed by atoms with Crippen LogP contribution in [0.4, 0.5) is 0 Å². The molecule has 94 valence electrons. The van der Waals surface area contributed by atoms with Gasteiger partial charge in [-0.05, 0) is 54.5 Å². The van der Waals surface area contributed by atoms with Crippen LogP contribution in [0.25, 0.3) is 0 Å². The van der Waals surface area contributed by atoms with Crippen molar-refractivity contribution in [1.29, 1.82) is 0 Å². The van der Waals surface area contributed by atoms with Crippen molar-refractivity contribution in [1.82, 2.24) is 0 Å². The van der Waals surface area contributed by atoms with Gasteiger partial charge in [0.25, 0.3) is 0 Å². The van der Waals surface area contributed by atoms with Crippen LogP contribution in [0.5, 0.6) is 0 Å². The number of benzene rings is 1. The third kappa shape index (κ3) is 2.46. The number of hydrogen-bond donors (Lipinski definition) is 1. The predicted octanol–water partition coefficient (Wildman–Crippen LogP) is 4.13. The van der Waals surface area contributed by atoms with Gasteiger partial charge in [0.15, 0.2) is 0 Å². The number of rotatable bonds is 3. The number of aryl methyl sites for hydroxylation is 2. The third-order valence-electron chi connectivity index (χ3n) is 3.58. The Morgan fingerprint density at radius 3 is 2.78 bits per heavy atom. The molecule has 1 aliphatic carbocycles. The van der Waals surface area contributed by atoms with Crippen molar-refractivity contribution < 1.29 is 0 Å². The molecule has 1 heterocycles. The highest BCUT2D eigenvalue weighted by Crippen LogP contribution is 2.29. The van der Waals surface area contributed by atoms with Crippen molar-refractivity contribution in [2.45, 2.75) is 31.7 Å². The van der Waals surface area contributed by atoms with Gasteiger partial charge in [-0.15, -0.1) is 11.3 Å². The monoisotopic (exact) mass is 277 g/mol. The molecule has 1 aliphatic rings. The highest BCUT2D eigenvalue weighted by Gasteiger charge is 2.13. The fourth-order valence-corrected chi connectivity index (χ4v) is 3.70. The van der Waals surface area contributed by atoms with Gasteiger partial charge in [-0.1, -0.05) is 29.8 Å². The number of halogens is 1. The Morgan fingerprint density at radius 2 is 2.00 bits per heavy atom. The lowest BCUT2D eigenvalue weighted by atomic mass is 10.0. The van der Waals surface area contributed by atoms with E-state index in [0.29, 0.717) is 0 Å². The van der Waals surface area contributed by atoms with Crippen molar-refractivity contribution in [3.8, 4) is 0 Å². The van der Waals surface area contributed by atoms with Crippen molar-refractivity contribution in [3.05, 3.63) is 56.2 Å². The van der Waals surface area contributed by atoms with Gasteiger partial charge in [0.2, 0.25) is 0 Å². The predicted molar refractivity (Wildman–Crippen MR) is 78.4 cm³/mol. The minimum Gasteiger partial charge on any atom is -0.323 e. The summed E-state index contributed by atoms with van der Waals surface area (Å²) in [4.78, 5) is 1.17. The van der Waals surface area contributed by atoms with Gasteiger partial charge in [-0.3, -0.25) is 0 Å². The molecular formula is C15H16ClNS. The van der Waals surface area contributed by atoms with Gasteiger partial charge in [0.05, 0.1) is 4.34 Å². The van der Waals surface area contributed by atoms with Crippen LogP contribution in [0.3, 0.4) is 0 Å². The topological polar surface area (TPSA) is 26.0 Å². The van der Waals surface area contributed by atoms with Crippen LogP contribution in [-0.2, 0) is 19.3 Å². The van der Waals surface area contributed by atoms with E-state index in [1.165, 1.54) is 40.8 Å². The normalized spacial score (nSPS) is 15.7. The summed E-state index contributed by atoms with van der Waals surface area (Å²) in [7, 11) is 0. The molecule has 0 saturated carbocycles. The quantitative estimate of drug-likeness (QED) is 0.897. The fraction of sp³-hybridized carbons (Fsp3) is 0.333. The van der Waals surface area contributed by atoms with Crippen molar-refractivity contribution in [3.63, 3.8) is 0 Å². The molecule has 18 heavy (non-hydrogen) atoms. The van der Waals surface area contributed by atoms with Crippen LogP contribution in [0.2, 0.25) is 4.34 Å². The molecular weight excluding hydrogens is 262 g/mol. The summed E-state index contributed by atoms with van der Waals surface area (Å²) >= 11 is 7.53. The molecule has 0 aliphatic heterocycles. The summed E-state index contributed by atoms with van der Waals surface area (Å²) in [5.41, 5.74) is 10.6. The van der Waals surface area contributed by atoms with E-state index in [9.17, 15) is 0 Å². The first-order valence-corrected chi connectivity index (χ1v) is 7.53. The van der Waals surface area contributed by atoms with E-state index in [1.54, 1.807) is 11.3 Å². The average molecular weight is 278 g/mol. The smallest absolute Gasteiger partial charge is 0.0931 e. The number of fused-ring (bicyclic) bond motifs is 1. The standard InChI is InChI=1S/C15H16ClNS/c16-15-7-6-14(18-15)13(17)9-10-4-5-11-2-1-3-12(11)8-10/h4-8,13H,1-3,9,17H2. The molecule has 0 spiro atoms. The van der Waals surface area contributed by atoms with Crippen LogP contribution in [0.15, 0.2) is 30.3 Å². The first-order valence-electron chi connectivity index (χ1n) is 6.34. The molecule has 3 rings (SSSR count). The largest absolute Gasteiger partial charge is 0.323 e. The Labute approximate surface area is 117 Å². The minimum atomic E-state index is 0.0574. The van der Waals surface area contributed by atoms with E-state index in [1.807, 2.05) is 12.1 Å². The second-order valence-electron chi connectivity index (χ2n) is 4.91. The zero-order valence-corrected chi connectivity index (χ0v) is 11.7. The van der Waals surface area contributed by atoms with Gasteiger partial charge >= 0.3 is 0 Å². The van der Waals surface area contributed by atoms with E-state index in [0.717, 1.165) is 10.8 Å². The first-order chi connectivity index (χ1) is 8.72. The third-order valence-corrected chi connectivity index (χ3v) is 4.94. The minimum absolute atomic E-state index is 0.0574. The van der Waals surface area contributed by atoms with E-state index in [-0.39, 0.29) is 6.04 Å². The zero-order chi connectivity index (χ0) is 12.5. The van der Waals surface area contributed by atoms with Gasteiger partial charge in [-0.25, -0.2) is 0 Å². The molecule has 1 aromatic carbocycles. The molecule has 0 radical (unpaired) electrons. The second kappa shape index (κ2) is 5.04. The van der Waals surface area contributed by atoms with E-state index in [4.69, 9.17) is 17.3 Å². The van der Waals surface area contributed by atoms with Crippen LogP contribution >= 0.6 is 22.9 Å². The zero-order valence-electron chi connectivity index (χ0n) is 10.2. The SMILES string of the molecule is NC(Cc1ccc2c(c1)CCC2)c1ccc(Cl)s1.